The molecule has 3 heteroatoms. The van der Waals surface area contributed by atoms with Crippen molar-refractivity contribution in [2.24, 2.45) is 5.41 Å². The fraction of sp³-hybridized carbons (Fsp3) is 0.733. The molecule has 1 saturated carbocycles. The zero-order valence-corrected chi connectivity index (χ0v) is 11.5. The predicted octanol–water partition coefficient (Wildman–Crippen LogP) is 2.54. The molecule has 0 aromatic carbocycles. The number of nitrogens with one attached hydrogen (secondary N) is 1. The Kier molecular flexibility index (Phi) is 4.84. The highest BCUT2D eigenvalue weighted by molar-refractivity contribution is 5.10. The highest BCUT2D eigenvalue weighted by Gasteiger charge is 2.32. The van der Waals surface area contributed by atoms with Crippen molar-refractivity contribution in [3.8, 4) is 0 Å². The minimum absolute atomic E-state index is 0.159. The normalized spacial score (nSPS) is 18.3. The molecule has 0 saturated heterocycles. The summed E-state index contributed by atoms with van der Waals surface area (Å²) in [5, 5.41) is 13.1. The fourth-order valence-corrected chi connectivity index (χ4v) is 2.98. The lowest BCUT2D eigenvalue weighted by Crippen LogP contribution is -2.34. The van der Waals surface area contributed by atoms with Gasteiger partial charge >= 0.3 is 0 Å². The molecule has 2 rings (SSSR count). The summed E-state index contributed by atoms with van der Waals surface area (Å²) in [5.41, 5.74) is 1.50. The standard InChI is InChI=1S/C15H26N2O/c1-2-8-17-9-5-14(11-17)10-16-12-15(13-18)6-3-4-7-15/h5,9,11,16,18H,2-4,6-8,10,12-13H2,1H3. The van der Waals surface area contributed by atoms with Crippen LogP contribution in [0.3, 0.4) is 0 Å². The van der Waals surface area contributed by atoms with Crippen molar-refractivity contribution in [3.63, 3.8) is 0 Å². The molecule has 1 fully saturated rings. The second-order valence-corrected chi connectivity index (χ2v) is 5.73. The van der Waals surface area contributed by atoms with Crippen LogP contribution in [0.15, 0.2) is 18.5 Å². The molecule has 0 aliphatic heterocycles. The van der Waals surface area contributed by atoms with Crippen LogP contribution in [0.5, 0.6) is 0 Å². The highest BCUT2D eigenvalue weighted by Crippen LogP contribution is 2.36. The summed E-state index contributed by atoms with van der Waals surface area (Å²) in [6, 6.07) is 2.18. The van der Waals surface area contributed by atoms with Gasteiger partial charge in [0, 0.05) is 44.0 Å². The third-order valence-electron chi connectivity index (χ3n) is 4.12. The van der Waals surface area contributed by atoms with E-state index in [0.29, 0.717) is 6.61 Å². The van der Waals surface area contributed by atoms with E-state index in [1.165, 1.54) is 37.7 Å². The lowest BCUT2D eigenvalue weighted by Gasteiger charge is -2.26. The van der Waals surface area contributed by atoms with Gasteiger partial charge in [0.15, 0.2) is 0 Å². The first-order valence-corrected chi connectivity index (χ1v) is 7.24. The number of rotatable bonds is 7. The number of aromatic nitrogens is 1. The van der Waals surface area contributed by atoms with Crippen LogP contribution in [-0.2, 0) is 13.1 Å². The van der Waals surface area contributed by atoms with Gasteiger partial charge < -0.3 is 15.0 Å². The van der Waals surface area contributed by atoms with Crippen LogP contribution in [0.2, 0.25) is 0 Å². The van der Waals surface area contributed by atoms with E-state index in [-0.39, 0.29) is 5.41 Å². The lowest BCUT2D eigenvalue weighted by atomic mass is 9.87. The second kappa shape index (κ2) is 6.39. The minimum Gasteiger partial charge on any atom is -0.396 e. The summed E-state index contributed by atoms with van der Waals surface area (Å²) >= 11 is 0. The van der Waals surface area contributed by atoms with Crippen LogP contribution in [-0.4, -0.2) is 22.8 Å². The number of hydrogen-bond donors (Lipinski definition) is 2. The van der Waals surface area contributed by atoms with Crippen molar-refractivity contribution in [2.45, 2.75) is 52.1 Å². The number of nitrogens with zero attached hydrogens (tertiary/aromatic N) is 1. The van der Waals surface area contributed by atoms with Gasteiger partial charge in [-0.3, -0.25) is 0 Å². The summed E-state index contributed by atoms with van der Waals surface area (Å²) in [6.07, 6.45) is 10.4. The number of aliphatic hydroxyl groups excluding tert-OH is 1. The van der Waals surface area contributed by atoms with Crippen LogP contribution in [0, 0.1) is 5.41 Å². The maximum Gasteiger partial charge on any atom is 0.0499 e. The van der Waals surface area contributed by atoms with Crippen LogP contribution in [0.25, 0.3) is 0 Å². The largest absolute Gasteiger partial charge is 0.396 e. The van der Waals surface area contributed by atoms with Crippen LogP contribution < -0.4 is 5.32 Å². The Morgan fingerprint density at radius 1 is 1.39 bits per heavy atom. The molecule has 1 aliphatic carbocycles. The highest BCUT2D eigenvalue weighted by atomic mass is 16.3. The van der Waals surface area contributed by atoms with Gasteiger partial charge in [-0.1, -0.05) is 19.8 Å². The fourth-order valence-electron chi connectivity index (χ4n) is 2.98. The number of hydrogen-bond acceptors (Lipinski definition) is 2. The van der Waals surface area contributed by atoms with Gasteiger partial charge in [-0.25, -0.2) is 0 Å². The molecule has 18 heavy (non-hydrogen) atoms. The van der Waals surface area contributed by atoms with Gasteiger partial charge in [0.1, 0.15) is 0 Å². The van der Waals surface area contributed by atoms with E-state index in [9.17, 15) is 5.11 Å². The van der Waals surface area contributed by atoms with Crippen molar-refractivity contribution in [3.05, 3.63) is 24.0 Å². The molecule has 1 aliphatic rings. The summed E-state index contributed by atoms with van der Waals surface area (Å²) in [7, 11) is 0. The molecule has 0 radical (unpaired) electrons. The van der Waals surface area contributed by atoms with Crippen molar-refractivity contribution < 1.29 is 5.11 Å². The molecule has 0 atom stereocenters. The van der Waals surface area contributed by atoms with Gasteiger partial charge in [-0.2, -0.15) is 0 Å². The maximum absolute atomic E-state index is 9.54. The van der Waals surface area contributed by atoms with E-state index in [2.05, 4.69) is 35.3 Å². The van der Waals surface area contributed by atoms with Gasteiger partial charge in [0.05, 0.1) is 0 Å². The molecule has 0 spiro atoms. The lowest BCUT2D eigenvalue weighted by molar-refractivity contribution is 0.128. The number of aliphatic hydroxyl groups is 1. The van der Waals surface area contributed by atoms with Crippen molar-refractivity contribution in [1.29, 1.82) is 0 Å². The summed E-state index contributed by atoms with van der Waals surface area (Å²) < 4.78 is 2.24. The van der Waals surface area contributed by atoms with E-state index in [1.54, 1.807) is 0 Å². The average molecular weight is 250 g/mol. The summed E-state index contributed by atoms with van der Waals surface area (Å²) in [4.78, 5) is 0. The van der Waals surface area contributed by atoms with Gasteiger partial charge in [0.25, 0.3) is 0 Å². The molecule has 1 aromatic rings. The molecule has 1 heterocycles. The van der Waals surface area contributed by atoms with E-state index in [1.807, 2.05) is 0 Å². The molecular formula is C15H26N2O. The van der Waals surface area contributed by atoms with Gasteiger partial charge in [-0.15, -0.1) is 0 Å². The smallest absolute Gasteiger partial charge is 0.0499 e. The molecular weight excluding hydrogens is 224 g/mol. The van der Waals surface area contributed by atoms with Crippen molar-refractivity contribution in [2.75, 3.05) is 13.2 Å². The van der Waals surface area contributed by atoms with Crippen LogP contribution in [0.1, 0.15) is 44.6 Å². The quantitative estimate of drug-likeness (QED) is 0.780. The molecule has 2 N–H and O–H groups in total. The third-order valence-corrected chi connectivity index (χ3v) is 4.12. The monoisotopic (exact) mass is 250 g/mol. The Labute approximate surface area is 110 Å². The van der Waals surface area contributed by atoms with E-state index in [4.69, 9.17) is 0 Å². The third kappa shape index (κ3) is 3.36. The van der Waals surface area contributed by atoms with Crippen molar-refractivity contribution >= 4 is 0 Å². The minimum atomic E-state index is 0.159. The summed E-state index contributed by atoms with van der Waals surface area (Å²) in [5.74, 6) is 0. The molecule has 1 aromatic heterocycles. The first-order chi connectivity index (χ1) is 8.78. The van der Waals surface area contributed by atoms with E-state index in [0.717, 1.165) is 19.6 Å². The number of aryl methyl sites for hydroxylation is 1. The Morgan fingerprint density at radius 3 is 2.83 bits per heavy atom. The Bertz CT molecular complexity index is 353. The average Bonchev–Trinajstić information content (AvgIpc) is 3.00. The zero-order valence-electron chi connectivity index (χ0n) is 11.5. The first-order valence-electron chi connectivity index (χ1n) is 7.24. The molecule has 0 amide bonds. The maximum atomic E-state index is 9.54. The summed E-state index contributed by atoms with van der Waals surface area (Å²) in [6.45, 7) is 5.49. The zero-order chi connectivity index (χ0) is 12.8. The predicted molar refractivity (Wildman–Crippen MR) is 74.4 cm³/mol. The Morgan fingerprint density at radius 2 is 2.17 bits per heavy atom. The topological polar surface area (TPSA) is 37.2 Å². The van der Waals surface area contributed by atoms with E-state index >= 15 is 0 Å². The molecule has 102 valence electrons. The van der Waals surface area contributed by atoms with Crippen molar-refractivity contribution in [1.82, 2.24) is 9.88 Å². The van der Waals surface area contributed by atoms with Gasteiger partial charge in [0.2, 0.25) is 0 Å². The van der Waals surface area contributed by atoms with E-state index < -0.39 is 0 Å². The Hall–Kier alpha value is -0.800. The molecule has 0 unspecified atom stereocenters. The molecule has 0 bridgehead atoms. The first kappa shape index (κ1) is 13.6. The Balaban J connectivity index is 1.76. The van der Waals surface area contributed by atoms with Crippen LogP contribution >= 0.6 is 0 Å². The van der Waals surface area contributed by atoms with Crippen LogP contribution in [0.4, 0.5) is 0 Å². The second-order valence-electron chi connectivity index (χ2n) is 5.73. The molecule has 3 nitrogen and oxygen atoms in total. The SMILES string of the molecule is CCCn1ccc(CNCC2(CO)CCCC2)c1. The van der Waals surface area contributed by atoms with Gasteiger partial charge in [-0.05, 0) is 30.9 Å².